The van der Waals surface area contributed by atoms with Crippen LogP contribution in [-0.2, 0) is 24.3 Å². The van der Waals surface area contributed by atoms with E-state index >= 15 is 0 Å². The van der Waals surface area contributed by atoms with E-state index < -0.39 is 45.3 Å². The zero-order chi connectivity index (χ0) is 19.3. The van der Waals surface area contributed by atoms with Crippen molar-refractivity contribution in [3.63, 3.8) is 0 Å². The van der Waals surface area contributed by atoms with Gasteiger partial charge in [-0.2, -0.15) is 0 Å². The maximum atomic E-state index is 11.8. The van der Waals surface area contributed by atoms with Gasteiger partial charge < -0.3 is 19.2 Å². The van der Waals surface area contributed by atoms with Crippen LogP contribution in [0.15, 0.2) is 45.9 Å². The first kappa shape index (κ1) is 19.1. The summed E-state index contributed by atoms with van der Waals surface area (Å²) in [6.07, 6.45) is 0. The first-order valence-corrected chi connectivity index (χ1v) is 8.53. The van der Waals surface area contributed by atoms with Crippen molar-refractivity contribution in [3.05, 3.63) is 47.7 Å². The fraction of sp³-hybridized carbons (Fsp3) is 0.133. The molecule has 0 radical (unpaired) electrons. The number of primary sulfonamides is 1. The number of sulfonamides is 1. The first-order valence-electron chi connectivity index (χ1n) is 6.98. The van der Waals surface area contributed by atoms with Crippen LogP contribution in [0, 0.1) is 0 Å². The highest BCUT2D eigenvalue weighted by atomic mass is 32.2. The molecule has 0 aliphatic carbocycles. The molecule has 0 unspecified atom stereocenters. The van der Waals surface area contributed by atoms with Gasteiger partial charge in [0.2, 0.25) is 10.9 Å². The Morgan fingerprint density at radius 1 is 1.15 bits per heavy atom. The lowest BCUT2D eigenvalue weighted by atomic mass is 10.2. The second-order valence-electron chi connectivity index (χ2n) is 4.86. The van der Waals surface area contributed by atoms with Crippen molar-refractivity contribution in [2.24, 2.45) is 5.14 Å². The fourth-order valence-corrected chi connectivity index (χ4v) is 2.29. The minimum atomic E-state index is -4.09. The number of rotatable bonds is 6. The minimum Gasteiger partial charge on any atom is -0.465 e. The number of methoxy groups -OCH3 is 1. The number of carbonyl (C=O) groups is 3. The topological polar surface area (TPSA) is 155 Å². The molecule has 0 aliphatic rings. The van der Waals surface area contributed by atoms with Crippen LogP contribution in [0.4, 0.5) is 5.69 Å². The molecule has 1 aromatic carbocycles. The van der Waals surface area contributed by atoms with Gasteiger partial charge in [-0.25, -0.2) is 23.1 Å². The Labute approximate surface area is 147 Å². The van der Waals surface area contributed by atoms with Gasteiger partial charge in [0.1, 0.15) is 0 Å². The second kappa shape index (κ2) is 7.80. The van der Waals surface area contributed by atoms with E-state index in [2.05, 4.69) is 10.1 Å². The Hall–Kier alpha value is -3.18. The molecule has 0 fully saturated rings. The molecule has 2 rings (SSSR count). The molecule has 0 atom stereocenters. The molecule has 1 heterocycles. The van der Waals surface area contributed by atoms with E-state index in [0.717, 1.165) is 12.1 Å². The second-order valence-corrected chi connectivity index (χ2v) is 6.35. The molecule has 0 saturated carbocycles. The number of furan rings is 1. The lowest BCUT2D eigenvalue weighted by molar-refractivity contribution is -0.119. The van der Waals surface area contributed by atoms with Gasteiger partial charge in [-0.15, -0.1) is 0 Å². The molecule has 10 nitrogen and oxygen atoms in total. The van der Waals surface area contributed by atoms with E-state index in [1.165, 1.54) is 31.4 Å². The minimum absolute atomic E-state index is 0.230. The first-order chi connectivity index (χ1) is 12.2. The van der Waals surface area contributed by atoms with Crippen molar-refractivity contribution in [2.75, 3.05) is 19.0 Å². The number of nitrogens with two attached hydrogens (primary N) is 1. The fourth-order valence-electron chi connectivity index (χ4n) is 1.82. The molecule has 0 aliphatic heterocycles. The van der Waals surface area contributed by atoms with Crippen molar-refractivity contribution in [2.45, 2.75) is 5.09 Å². The van der Waals surface area contributed by atoms with Crippen LogP contribution in [0.1, 0.15) is 20.9 Å². The van der Waals surface area contributed by atoms with E-state index in [-0.39, 0.29) is 5.56 Å². The number of benzene rings is 1. The molecule has 3 N–H and O–H groups in total. The molecule has 138 valence electrons. The zero-order valence-corrected chi connectivity index (χ0v) is 14.2. The molecule has 26 heavy (non-hydrogen) atoms. The molecule has 0 saturated heterocycles. The van der Waals surface area contributed by atoms with Crippen LogP contribution in [0.25, 0.3) is 0 Å². The highest BCUT2D eigenvalue weighted by Crippen LogP contribution is 2.14. The number of anilines is 1. The number of nitrogens with one attached hydrogen (secondary N) is 1. The predicted octanol–water partition coefficient (Wildman–Crippen LogP) is 0.509. The average molecular weight is 382 g/mol. The summed E-state index contributed by atoms with van der Waals surface area (Å²) in [6.45, 7) is -0.660. The number of carbonyl (C=O) groups excluding carboxylic acids is 3. The number of esters is 2. The third-order valence-corrected chi connectivity index (χ3v) is 3.74. The SMILES string of the molecule is COC(=O)c1cccc(NC(=O)COC(=O)c2ccc(S(N)(=O)=O)o2)c1. The summed E-state index contributed by atoms with van der Waals surface area (Å²) >= 11 is 0. The lowest BCUT2D eigenvalue weighted by Gasteiger charge is -2.07. The van der Waals surface area contributed by atoms with Crippen molar-refractivity contribution in [1.82, 2.24) is 0 Å². The highest BCUT2D eigenvalue weighted by Gasteiger charge is 2.19. The number of hydrogen-bond donors (Lipinski definition) is 2. The summed E-state index contributed by atoms with van der Waals surface area (Å²) in [4.78, 5) is 35.0. The number of hydrogen-bond acceptors (Lipinski definition) is 8. The van der Waals surface area contributed by atoms with Gasteiger partial charge in [0, 0.05) is 5.69 Å². The van der Waals surface area contributed by atoms with Crippen LogP contribution in [0.2, 0.25) is 0 Å². The monoisotopic (exact) mass is 382 g/mol. The Kier molecular flexibility index (Phi) is 5.75. The average Bonchev–Trinajstić information content (AvgIpc) is 3.09. The van der Waals surface area contributed by atoms with E-state index in [1.807, 2.05) is 0 Å². The standard InChI is InChI=1S/C15H14N2O8S/c1-23-14(19)9-3-2-4-10(7-9)17-12(18)8-24-15(20)11-5-6-13(25-11)26(16,21)22/h2-7H,8H2,1H3,(H,17,18)(H2,16,21,22). The van der Waals surface area contributed by atoms with E-state index in [4.69, 9.17) is 14.3 Å². The Bertz CT molecular complexity index is 948. The van der Waals surface area contributed by atoms with Crippen molar-refractivity contribution < 1.29 is 36.7 Å². The predicted molar refractivity (Wildman–Crippen MR) is 86.8 cm³/mol. The van der Waals surface area contributed by atoms with E-state index in [1.54, 1.807) is 0 Å². The third kappa shape index (κ3) is 4.91. The van der Waals surface area contributed by atoms with Gasteiger partial charge in [-0.1, -0.05) is 6.07 Å². The van der Waals surface area contributed by atoms with E-state index in [9.17, 15) is 22.8 Å². The van der Waals surface area contributed by atoms with Crippen molar-refractivity contribution in [3.8, 4) is 0 Å². The van der Waals surface area contributed by atoms with Crippen LogP contribution >= 0.6 is 0 Å². The summed E-state index contributed by atoms with van der Waals surface area (Å²) in [5.74, 6) is -2.72. The number of ether oxygens (including phenoxy) is 2. The van der Waals surface area contributed by atoms with Crippen LogP contribution in [0.3, 0.4) is 0 Å². The molecule has 1 amide bonds. The van der Waals surface area contributed by atoms with Gasteiger partial charge in [0.05, 0.1) is 12.7 Å². The molecule has 0 spiro atoms. The van der Waals surface area contributed by atoms with Gasteiger partial charge in [0.25, 0.3) is 15.9 Å². The summed E-state index contributed by atoms with van der Waals surface area (Å²) in [7, 11) is -2.87. The largest absolute Gasteiger partial charge is 0.465 e. The zero-order valence-electron chi connectivity index (χ0n) is 13.4. The molecular weight excluding hydrogens is 368 g/mol. The molecule has 11 heteroatoms. The molecular formula is C15H14N2O8S. The molecule has 1 aromatic heterocycles. The van der Waals surface area contributed by atoms with Crippen LogP contribution < -0.4 is 10.5 Å². The van der Waals surface area contributed by atoms with Crippen molar-refractivity contribution in [1.29, 1.82) is 0 Å². The summed E-state index contributed by atoms with van der Waals surface area (Å²) in [5.41, 5.74) is 0.525. The van der Waals surface area contributed by atoms with Gasteiger partial charge >= 0.3 is 11.9 Å². The Balaban J connectivity index is 1.93. The lowest BCUT2D eigenvalue weighted by Crippen LogP contribution is -2.21. The quantitative estimate of drug-likeness (QED) is 0.685. The van der Waals surface area contributed by atoms with Gasteiger partial charge in [-0.05, 0) is 30.3 Å². The van der Waals surface area contributed by atoms with Crippen LogP contribution in [-0.4, -0.2) is 40.0 Å². The van der Waals surface area contributed by atoms with Crippen molar-refractivity contribution >= 4 is 33.6 Å². The smallest absolute Gasteiger partial charge is 0.374 e. The molecule has 0 bridgehead atoms. The maximum Gasteiger partial charge on any atom is 0.374 e. The summed E-state index contributed by atoms with van der Waals surface area (Å²) in [6, 6.07) is 7.99. The molecule has 2 aromatic rings. The van der Waals surface area contributed by atoms with Crippen LogP contribution in [0.5, 0.6) is 0 Å². The third-order valence-electron chi connectivity index (χ3n) is 2.96. The van der Waals surface area contributed by atoms with Gasteiger partial charge in [0.15, 0.2) is 6.61 Å². The highest BCUT2D eigenvalue weighted by molar-refractivity contribution is 7.89. The number of amides is 1. The maximum absolute atomic E-state index is 11.8. The Morgan fingerprint density at radius 3 is 2.50 bits per heavy atom. The Morgan fingerprint density at radius 2 is 1.88 bits per heavy atom. The normalized spacial score (nSPS) is 10.8. The van der Waals surface area contributed by atoms with E-state index in [0.29, 0.717) is 5.69 Å². The van der Waals surface area contributed by atoms with Gasteiger partial charge in [-0.3, -0.25) is 4.79 Å². The summed E-state index contributed by atoms with van der Waals surface area (Å²) in [5, 5.41) is 6.68. The summed E-state index contributed by atoms with van der Waals surface area (Å²) < 4.78 is 36.2.